The maximum absolute atomic E-state index is 11.3. The summed E-state index contributed by atoms with van der Waals surface area (Å²) in [4.78, 5) is 19.4. The summed E-state index contributed by atoms with van der Waals surface area (Å²) in [5.74, 6) is 0.0167. The number of esters is 1. The Morgan fingerprint density at radius 3 is 2.88 bits per heavy atom. The van der Waals surface area contributed by atoms with Gasteiger partial charge in [-0.3, -0.25) is 0 Å². The predicted octanol–water partition coefficient (Wildman–Crippen LogP) is 0.757. The summed E-state index contributed by atoms with van der Waals surface area (Å²) in [6, 6.07) is 3.51. The van der Waals surface area contributed by atoms with Crippen LogP contribution in [-0.2, 0) is 4.74 Å². The zero-order chi connectivity index (χ0) is 11.5. The van der Waals surface area contributed by atoms with Crippen LogP contribution in [0.1, 0.15) is 16.3 Å². The highest BCUT2D eigenvalue weighted by Crippen LogP contribution is 2.06. The van der Waals surface area contributed by atoms with E-state index in [2.05, 4.69) is 19.8 Å². The fourth-order valence-electron chi connectivity index (χ4n) is 1.26. The molecule has 2 rings (SSSR count). The number of hydrogen-bond donors (Lipinski definition) is 0. The van der Waals surface area contributed by atoms with Gasteiger partial charge in [-0.2, -0.15) is 5.10 Å². The largest absolute Gasteiger partial charge is 0.463 e. The lowest BCUT2D eigenvalue weighted by molar-refractivity contribution is 0.0586. The molecule has 0 bridgehead atoms. The molecule has 0 aromatic carbocycles. The molecule has 0 N–H and O–H groups in total. The van der Waals surface area contributed by atoms with Crippen molar-refractivity contribution in [3.05, 3.63) is 36.0 Å². The van der Waals surface area contributed by atoms with Crippen LogP contribution in [-0.4, -0.2) is 32.8 Å². The van der Waals surface area contributed by atoms with E-state index in [1.54, 1.807) is 36.1 Å². The molecule has 2 heterocycles. The minimum absolute atomic E-state index is 0.0352. The average Bonchev–Trinajstić information content (AvgIpc) is 2.80. The first-order valence-corrected chi connectivity index (χ1v) is 4.64. The van der Waals surface area contributed by atoms with Crippen molar-refractivity contribution in [2.45, 2.75) is 6.92 Å². The van der Waals surface area contributed by atoms with Crippen molar-refractivity contribution in [2.75, 3.05) is 7.11 Å². The molecule has 16 heavy (non-hydrogen) atoms. The number of nitrogens with zero attached hydrogens (tertiary/aromatic N) is 4. The molecule has 0 radical (unpaired) electrons. The van der Waals surface area contributed by atoms with E-state index in [-0.39, 0.29) is 5.82 Å². The van der Waals surface area contributed by atoms with Crippen LogP contribution < -0.4 is 0 Å². The SMILES string of the molecule is COC(=O)c1nc(C)cc(-n2cccn2)n1. The number of carbonyl (C=O) groups is 1. The Balaban J connectivity index is 2.48. The molecule has 6 heteroatoms. The normalized spacial score (nSPS) is 10.1. The quantitative estimate of drug-likeness (QED) is 0.696. The first kappa shape index (κ1) is 10.3. The van der Waals surface area contributed by atoms with Gasteiger partial charge in [-0.15, -0.1) is 0 Å². The smallest absolute Gasteiger partial charge is 0.376 e. The Bertz CT molecular complexity index is 508. The molecule has 0 spiro atoms. The molecule has 0 atom stereocenters. The highest BCUT2D eigenvalue weighted by Gasteiger charge is 2.12. The van der Waals surface area contributed by atoms with Crippen molar-refractivity contribution >= 4 is 5.97 Å². The molecule has 0 amide bonds. The Hall–Kier alpha value is -2.24. The third kappa shape index (κ3) is 1.90. The molecule has 82 valence electrons. The van der Waals surface area contributed by atoms with Gasteiger partial charge >= 0.3 is 5.97 Å². The van der Waals surface area contributed by atoms with Crippen molar-refractivity contribution in [3.63, 3.8) is 0 Å². The summed E-state index contributed by atoms with van der Waals surface area (Å²) < 4.78 is 6.13. The average molecular weight is 218 g/mol. The van der Waals surface area contributed by atoms with Crippen LogP contribution in [0.4, 0.5) is 0 Å². The van der Waals surface area contributed by atoms with Gasteiger partial charge in [0.05, 0.1) is 7.11 Å². The maximum Gasteiger partial charge on any atom is 0.376 e. The van der Waals surface area contributed by atoms with E-state index in [9.17, 15) is 4.79 Å². The van der Waals surface area contributed by atoms with Crippen LogP contribution in [0, 0.1) is 6.92 Å². The number of hydrogen-bond acceptors (Lipinski definition) is 5. The summed E-state index contributed by atoms with van der Waals surface area (Å²) in [5, 5.41) is 4.03. The lowest BCUT2D eigenvalue weighted by Gasteiger charge is -2.04. The van der Waals surface area contributed by atoms with E-state index in [4.69, 9.17) is 0 Å². The molecule has 0 saturated heterocycles. The molecule has 0 unspecified atom stereocenters. The Labute approximate surface area is 91.9 Å². The van der Waals surface area contributed by atoms with Gasteiger partial charge in [0.15, 0.2) is 5.82 Å². The molecule has 0 aliphatic heterocycles. The molecule has 6 nitrogen and oxygen atoms in total. The zero-order valence-electron chi connectivity index (χ0n) is 8.91. The van der Waals surface area contributed by atoms with Gasteiger partial charge in [0.2, 0.25) is 5.82 Å². The van der Waals surface area contributed by atoms with E-state index in [1.165, 1.54) is 7.11 Å². The number of rotatable bonds is 2. The fraction of sp³-hybridized carbons (Fsp3) is 0.200. The van der Waals surface area contributed by atoms with Crippen molar-refractivity contribution in [2.24, 2.45) is 0 Å². The summed E-state index contributed by atoms with van der Waals surface area (Å²) in [6.07, 6.45) is 3.37. The molecular weight excluding hydrogens is 208 g/mol. The molecule has 2 aromatic heterocycles. The molecule has 0 fully saturated rings. The van der Waals surface area contributed by atoms with Crippen molar-refractivity contribution in [1.29, 1.82) is 0 Å². The topological polar surface area (TPSA) is 69.9 Å². The van der Waals surface area contributed by atoms with E-state index >= 15 is 0 Å². The molecule has 0 aliphatic rings. The molecule has 2 aromatic rings. The van der Waals surface area contributed by atoms with E-state index in [0.717, 1.165) is 0 Å². The fourth-order valence-corrected chi connectivity index (χ4v) is 1.26. The lowest BCUT2D eigenvalue weighted by Crippen LogP contribution is -2.11. The first-order chi connectivity index (χ1) is 7.70. The Morgan fingerprint density at radius 1 is 1.44 bits per heavy atom. The van der Waals surface area contributed by atoms with E-state index in [0.29, 0.717) is 11.5 Å². The standard InChI is InChI=1S/C10H10N4O2/c1-7-6-8(14-5-3-4-11-14)13-9(12-7)10(15)16-2/h3-6H,1-2H3. The summed E-state index contributed by atoms with van der Waals surface area (Å²) in [6.45, 7) is 1.78. The van der Waals surface area contributed by atoms with E-state index in [1.807, 2.05) is 0 Å². The number of aromatic nitrogens is 4. The van der Waals surface area contributed by atoms with Gasteiger partial charge in [0, 0.05) is 24.2 Å². The number of carbonyl (C=O) groups excluding carboxylic acids is 1. The third-order valence-corrected chi connectivity index (χ3v) is 1.95. The predicted molar refractivity (Wildman–Crippen MR) is 55.2 cm³/mol. The first-order valence-electron chi connectivity index (χ1n) is 4.64. The van der Waals surface area contributed by atoms with Gasteiger partial charge in [-0.1, -0.05) is 0 Å². The van der Waals surface area contributed by atoms with Crippen LogP contribution >= 0.6 is 0 Å². The Morgan fingerprint density at radius 2 is 2.25 bits per heavy atom. The molecular formula is C10H10N4O2. The minimum atomic E-state index is -0.558. The van der Waals surface area contributed by atoms with Crippen LogP contribution in [0.3, 0.4) is 0 Å². The van der Waals surface area contributed by atoms with Crippen LogP contribution in [0.5, 0.6) is 0 Å². The minimum Gasteiger partial charge on any atom is -0.463 e. The summed E-state index contributed by atoms with van der Waals surface area (Å²) in [7, 11) is 1.29. The lowest BCUT2D eigenvalue weighted by atomic mass is 10.4. The number of ether oxygens (including phenoxy) is 1. The van der Waals surface area contributed by atoms with Crippen LogP contribution in [0.25, 0.3) is 5.82 Å². The number of methoxy groups -OCH3 is 1. The third-order valence-electron chi connectivity index (χ3n) is 1.95. The highest BCUT2D eigenvalue weighted by atomic mass is 16.5. The summed E-state index contributed by atoms with van der Waals surface area (Å²) in [5.41, 5.74) is 0.681. The number of aryl methyl sites for hydroxylation is 1. The van der Waals surface area contributed by atoms with Crippen LogP contribution in [0.15, 0.2) is 24.5 Å². The van der Waals surface area contributed by atoms with Gasteiger partial charge < -0.3 is 4.74 Å². The van der Waals surface area contributed by atoms with E-state index < -0.39 is 5.97 Å². The van der Waals surface area contributed by atoms with Gasteiger partial charge in [-0.05, 0) is 13.0 Å². The second-order valence-corrected chi connectivity index (χ2v) is 3.13. The van der Waals surface area contributed by atoms with Crippen LogP contribution in [0.2, 0.25) is 0 Å². The second kappa shape index (κ2) is 4.09. The monoisotopic (exact) mass is 218 g/mol. The highest BCUT2D eigenvalue weighted by molar-refractivity contribution is 5.85. The molecule has 0 saturated carbocycles. The maximum atomic E-state index is 11.3. The second-order valence-electron chi connectivity index (χ2n) is 3.13. The van der Waals surface area contributed by atoms with Gasteiger partial charge in [-0.25, -0.2) is 19.4 Å². The molecule has 0 aliphatic carbocycles. The van der Waals surface area contributed by atoms with Crippen molar-refractivity contribution < 1.29 is 9.53 Å². The van der Waals surface area contributed by atoms with Crippen molar-refractivity contribution in [3.8, 4) is 5.82 Å². The zero-order valence-corrected chi connectivity index (χ0v) is 8.91. The van der Waals surface area contributed by atoms with Crippen molar-refractivity contribution in [1.82, 2.24) is 19.7 Å². The van der Waals surface area contributed by atoms with Gasteiger partial charge in [0.1, 0.15) is 0 Å². The summed E-state index contributed by atoms with van der Waals surface area (Å²) >= 11 is 0. The Kier molecular flexibility index (Phi) is 2.63. The van der Waals surface area contributed by atoms with Gasteiger partial charge in [0.25, 0.3) is 0 Å².